The molecule has 5 nitrogen and oxygen atoms in total. The lowest BCUT2D eigenvalue weighted by molar-refractivity contribution is 0.325. The van der Waals surface area contributed by atoms with E-state index in [1.165, 1.54) is 12.8 Å². The molecule has 1 aliphatic heterocycles. The minimum absolute atomic E-state index is 0.633. The van der Waals surface area contributed by atoms with Gasteiger partial charge >= 0.3 is 0 Å². The maximum absolute atomic E-state index is 5.48. The van der Waals surface area contributed by atoms with Crippen molar-refractivity contribution in [2.45, 2.75) is 26.7 Å². The molecule has 0 aliphatic carbocycles. The van der Waals surface area contributed by atoms with Crippen molar-refractivity contribution in [2.24, 2.45) is 5.92 Å². The minimum atomic E-state index is 0.633. The van der Waals surface area contributed by atoms with Crippen molar-refractivity contribution in [3.8, 4) is 5.88 Å². The zero-order chi connectivity index (χ0) is 13.7. The Labute approximate surface area is 115 Å². The summed E-state index contributed by atoms with van der Waals surface area (Å²) in [6.45, 7) is 7.83. The van der Waals surface area contributed by atoms with Crippen LogP contribution in [-0.2, 0) is 0 Å². The molecule has 5 heteroatoms. The van der Waals surface area contributed by atoms with Crippen molar-refractivity contribution in [3.63, 3.8) is 0 Å². The van der Waals surface area contributed by atoms with Crippen LogP contribution in [0.3, 0.4) is 0 Å². The molecule has 1 aromatic heterocycles. The van der Waals surface area contributed by atoms with E-state index >= 15 is 0 Å². The molecule has 0 atom stereocenters. The zero-order valence-corrected chi connectivity index (χ0v) is 12.1. The molecule has 1 N–H and O–H groups in total. The first-order valence-corrected chi connectivity index (χ1v) is 7.09. The smallest absolute Gasteiger partial charge is 0.228 e. The molecule has 2 heterocycles. The first-order valence-electron chi connectivity index (χ1n) is 7.09. The number of piperidine rings is 1. The molecule has 0 bridgehead atoms. The lowest BCUT2D eigenvalue weighted by Gasteiger charge is -2.27. The van der Waals surface area contributed by atoms with Gasteiger partial charge < -0.3 is 15.0 Å². The second-order valence-electron chi connectivity index (χ2n) is 5.15. The van der Waals surface area contributed by atoms with E-state index in [0.717, 1.165) is 37.2 Å². The molecule has 0 radical (unpaired) electrons. The van der Waals surface area contributed by atoms with E-state index < -0.39 is 0 Å². The summed E-state index contributed by atoms with van der Waals surface area (Å²) >= 11 is 0. The monoisotopic (exact) mass is 264 g/mol. The molecule has 0 spiro atoms. The molecule has 0 unspecified atom stereocenters. The molecule has 0 saturated carbocycles. The maximum atomic E-state index is 5.48. The number of ether oxygens (including phenoxy) is 1. The summed E-state index contributed by atoms with van der Waals surface area (Å²) in [6.07, 6.45) is 2.46. The average Bonchev–Trinajstić information content (AvgIpc) is 2.39. The fraction of sp³-hybridized carbons (Fsp3) is 0.714. The Morgan fingerprint density at radius 1 is 1.37 bits per heavy atom. The Kier molecular flexibility index (Phi) is 4.96. The van der Waals surface area contributed by atoms with Crippen molar-refractivity contribution in [1.29, 1.82) is 0 Å². The summed E-state index contributed by atoms with van der Waals surface area (Å²) in [4.78, 5) is 11.1. The molecule has 1 aliphatic rings. The van der Waals surface area contributed by atoms with E-state index in [0.29, 0.717) is 12.5 Å². The van der Waals surface area contributed by atoms with Gasteiger partial charge in [-0.1, -0.05) is 0 Å². The highest BCUT2D eigenvalue weighted by Gasteiger charge is 2.17. The van der Waals surface area contributed by atoms with E-state index in [9.17, 15) is 0 Å². The number of nitrogens with zero attached hydrogens (tertiary/aromatic N) is 3. The molecule has 1 saturated heterocycles. The SMILES string of the molecule is CCOc1cc(C)nc(N(C)CC2CCNCC2)n1. The topological polar surface area (TPSA) is 50.3 Å². The van der Waals surface area contributed by atoms with Crippen LogP contribution in [0.2, 0.25) is 0 Å². The van der Waals surface area contributed by atoms with Crippen molar-refractivity contribution in [3.05, 3.63) is 11.8 Å². The second kappa shape index (κ2) is 6.70. The van der Waals surface area contributed by atoms with Gasteiger partial charge in [-0.3, -0.25) is 0 Å². The number of aromatic nitrogens is 2. The Morgan fingerprint density at radius 3 is 2.79 bits per heavy atom. The Hall–Kier alpha value is -1.36. The van der Waals surface area contributed by atoms with Gasteiger partial charge in [0.25, 0.3) is 0 Å². The molecular formula is C14H24N4O. The third kappa shape index (κ3) is 4.06. The summed E-state index contributed by atoms with van der Waals surface area (Å²) < 4.78 is 5.48. The quantitative estimate of drug-likeness (QED) is 0.876. The van der Waals surface area contributed by atoms with Crippen LogP contribution in [0.1, 0.15) is 25.5 Å². The third-order valence-corrected chi connectivity index (χ3v) is 3.44. The first kappa shape index (κ1) is 14.1. The zero-order valence-electron chi connectivity index (χ0n) is 12.1. The molecule has 0 amide bonds. The minimum Gasteiger partial charge on any atom is -0.478 e. The van der Waals surface area contributed by atoms with Crippen LogP contribution in [0.4, 0.5) is 5.95 Å². The van der Waals surface area contributed by atoms with Crippen LogP contribution < -0.4 is 15.0 Å². The van der Waals surface area contributed by atoms with Gasteiger partial charge in [-0.25, -0.2) is 4.98 Å². The first-order chi connectivity index (χ1) is 9.19. The molecule has 106 valence electrons. The normalized spacial score (nSPS) is 16.4. The number of anilines is 1. The third-order valence-electron chi connectivity index (χ3n) is 3.44. The number of aryl methyl sites for hydroxylation is 1. The second-order valence-corrected chi connectivity index (χ2v) is 5.15. The fourth-order valence-corrected chi connectivity index (χ4v) is 2.45. The van der Waals surface area contributed by atoms with Gasteiger partial charge in [0.05, 0.1) is 6.61 Å². The van der Waals surface area contributed by atoms with Crippen LogP contribution in [-0.4, -0.2) is 43.3 Å². The van der Waals surface area contributed by atoms with Crippen LogP contribution >= 0.6 is 0 Å². The van der Waals surface area contributed by atoms with Crippen LogP contribution in [0.25, 0.3) is 0 Å². The van der Waals surface area contributed by atoms with Gasteiger partial charge in [0.2, 0.25) is 11.8 Å². The molecule has 0 aromatic carbocycles. The van der Waals surface area contributed by atoms with E-state index in [1.54, 1.807) is 0 Å². The predicted molar refractivity (Wildman–Crippen MR) is 76.8 cm³/mol. The number of nitrogens with one attached hydrogen (secondary N) is 1. The molecule has 2 rings (SSSR count). The predicted octanol–water partition coefficient (Wildman–Crippen LogP) is 1.62. The van der Waals surface area contributed by atoms with E-state index in [4.69, 9.17) is 4.74 Å². The largest absolute Gasteiger partial charge is 0.478 e. The summed E-state index contributed by atoms with van der Waals surface area (Å²) in [7, 11) is 2.06. The number of hydrogen-bond acceptors (Lipinski definition) is 5. The van der Waals surface area contributed by atoms with E-state index in [-0.39, 0.29) is 0 Å². The summed E-state index contributed by atoms with van der Waals surface area (Å²) in [5.41, 5.74) is 0.950. The lowest BCUT2D eigenvalue weighted by Crippen LogP contribution is -2.35. The van der Waals surface area contributed by atoms with Crippen LogP contribution in [0, 0.1) is 12.8 Å². The van der Waals surface area contributed by atoms with Gasteiger partial charge in [0.1, 0.15) is 0 Å². The van der Waals surface area contributed by atoms with E-state index in [2.05, 4.69) is 27.2 Å². The summed E-state index contributed by atoms with van der Waals surface area (Å²) in [5, 5.41) is 3.39. The Morgan fingerprint density at radius 2 is 2.11 bits per heavy atom. The summed E-state index contributed by atoms with van der Waals surface area (Å²) in [6, 6.07) is 1.88. The highest BCUT2D eigenvalue weighted by molar-refractivity contribution is 5.33. The number of rotatable bonds is 5. The Balaban J connectivity index is 2.02. The van der Waals surface area contributed by atoms with Crippen molar-refractivity contribution >= 4 is 5.95 Å². The van der Waals surface area contributed by atoms with Gasteiger partial charge in [-0.05, 0) is 45.7 Å². The summed E-state index contributed by atoms with van der Waals surface area (Å²) in [5.74, 6) is 2.16. The van der Waals surface area contributed by atoms with Crippen molar-refractivity contribution in [2.75, 3.05) is 38.2 Å². The molecule has 1 fully saturated rings. The van der Waals surface area contributed by atoms with Gasteiger partial charge in [-0.15, -0.1) is 0 Å². The van der Waals surface area contributed by atoms with Crippen LogP contribution in [0.15, 0.2) is 6.07 Å². The number of hydrogen-bond donors (Lipinski definition) is 1. The maximum Gasteiger partial charge on any atom is 0.228 e. The van der Waals surface area contributed by atoms with Crippen molar-refractivity contribution in [1.82, 2.24) is 15.3 Å². The molecule has 1 aromatic rings. The molecular weight excluding hydrogens is 240 g/mol. The average molecular weight is 264 g/mol. The highest BCUT2D eigenvalue weighted by Crippen LogP contribution is 2.18. The van der Waals surface area contributed by atoms with Gasteiger partial charge in [0, 0.05) is 25.4 Å². The van der Waals surface area contributed by atoms with Crippen LogP contribution in [0.5, 0.6) is 5.88 Å². The van der Waals surface area contributed by atoms with Gasteiger partial charge in [0.15, 0.2) is 0 Å². The highest BCUT2D eigenvalue weighted by atomic mass is 16.5. The van der Waals surface area contributed by atoms with E-state index in [1.807, 2.05) is 19.9 Å². The lowest BCUT2D eigenvalue weighted by atomic mass is 9.98. The van der Waals surface area contributed by atoms with Crippen molar-refractivity contribution < 1.29 is 4.74 Å². The molecule has 19 heavy (non-hydrogen) atoms. The standard InChI is InChI=1S/C14H24N4O/c1-4-19-13-9-11(2)16-14(17-13)18(3)10-12-5-7-15-8-6-12/h9,12,15H,4-8,10H2,1-3H3. The fourth-order valence-electron chi connectivity index (χ4n) is 2.45. The Bertz CT molecular complexity index is 404. The van der Waals surface area contributed by atoms with Gasteiger partial charge in [-0.2, -0.15) is 4.98 Å².